The average Bonchev–Trinajstić information content (AvgIpc) is 2.67. The van der Waals surface area contributed by atoms with Crippen molar-refractivity contribution in [3.05, 3.63) is 58.6 Å². The number of aliphatic hydroxyl groups is 2. The molecule has 0 unspecified atom stereocenters. The van der Waals surface area contributed by atoms with Crippen LogP contribution in [0.15, 0.2) is 48.5 Å². The van der Waals surface area contributed by atoms with Crippen LogP contribution in [-0.4, -0.2) is 51.4 Å². The SMILES string of the molecule is O=[N+]([O-])c1ccc2nc(N(CCO)CCO)nc(-c3ccccc3)c2c1. The minimum absolute atomic E-state index is 0.0337. The zero-order chi connectivity index (χ0) is 18.5. The van der Waals surface area contributed by atoms with E-state index in [1.54, 1.807) is 11.0 Å². The zero-order valence-electron chi connectivity index (χ0n) is 13.9. The molecule has 134 valence electrons. The number of hydrogen-bond donors (Lipinski definition) is 2. The molecule has 0 aliphatic heterocycles. The van der Waals surface area contributed by atoms with E-state index in [-0.39, 0.29) is 32.0 Å². The van der Waals surface area contributed by atoms with Crippen LogP contribution in [0.1, 0.15) is 0 Å². The molecule has 8 nitrogen and oxygen atoms in total. The Morgan fingerprint density at radius 2 is 1.69 bits per heavy atom. The highest BCUT2D eigenvalue weighted by Gasteiger charge is 2.17. The van der Waals surface area contributed by atoms with E-state index in [0.29, 0.717) is 22.5 Å². The Morgan fingerprint density at radius 1 is 1.00 bits per heavy atom. The first kappa shape index (κ1) is 17.7. The molecule has 0 radical (unpaired) electrons. The summed E-state index contributed by atoms with van der Waals surface area (Å²) in [4.78, 5) is 21.4. The normalized spacial score (nSPS) is 10.8. The maximum atomic E-state index is 11.1. The minimum atomic E-state index is -0.452. The number of fused-ring (bicyclic) bond motifs is 1. The van der Waals surface area contributed by atoms with Gasteiger partial charge in [-0.15, -0.1) is 0 Å². The summed E-state index contributed by atoms with van der Waals surface area (Å²) in [6.45, 7) is 0.325. The summed E-state index contributed by atoms with van der Waals surface area (Å²) in [6, 6.07) is 13.8. The largest absolute Gasteiger partial charge is 0.395 e. The third kappa shape index (κ3) is 3.61. The van der Waals surface area contributed by atoms with E-state index >= 15 is 0 Å². The monoisotopic (exact) mass is 354 g/mol. The molecule has 3 aromatic rings. The number of aliphatic hydroxyl groups excluding tert-OH is 2. The van der Waals surface area contributed by atoms with Crippen LogP contribution in [0.3, 0.4) is 0 Å². The van der Waals surface area contributed by atoms with Crippen molar-refractivity contribution in [2.75, 3.05) is 31.2 Å². The van der Waals surface area contributed by atoms with Crippen LogP contribution in [0.5, 0.6) is 0 Å². The van der Waals surface area contributed by atoms with Gasteiger partial charge >= 0.3 is 0 Å². The summed E-state index contributed by atoms with van der Waals surface area (Å²) < 4.78 is 0. The molecule has 0 bridgehead atoms. The molecule has 2 aromatic carbocycles. The average molecular weight is 354 g/mol. The molecular formula is C18H18N4O4. The number of nitro groups is 1. The molecule has 0 atom stereocenters. The van der Waals surface area contributed by atoms with E-state index < -0.39 is 4.92 Å². The summed E-state index contributed by atoms with van der Waals surface area (Å²) in [5.41, 5.74) is 1.89. The molecule has 26 heavy (non-hydrogen) atoms. The van der Waals surface area contributed by atoms with Crippen molar-refractivity contribution < 1.29 is 15.1 Å². The fourth-order valence-corrected chi connectivity index (χ4v) is 2.73. The molecular weight excluding hydrogens is 336 g/mol. The first-order chi connectivity index (χ1) is 12.6. The highest BCUT2D eigenvalue weighted by molar-refractivity contribution is 5.94. The van der Waals surface area contributed by atoms with Gasteiger partial charge in [-0.3, -0.25) is 10.1 Å². The van der Waals surface area contributed by atoms with E-state index in [9.17, 15) is 20.3 Å². The van der Waals surface area contributed by atoms with Gasteiger partial charge < -0.3 is 15.1 Å². The van der Waals surface area contributed by atoms with Crippen molar-refractivity contribution in [2.24, 2.45) is 0 Å². The number of nitrogens with zero attached hydrogens (tertiary/aromatic N) is 4. The fraction of sp³-hybridized carbons (Fsp3) is 0.222. The van der Waals surface area contributed by atoms with Crippen molar-refractivity contribution in [1.29, 1.82) is 0 Å². The maximum Gasteiger partial charge on any atom is 0.270 e. The molecule has 0 saturated heterocycles. The lowest BCUT2D eigenvalue weighted by molar-refractivity contribution is -0.384. The van der Waals surface area contributed by atoms with Crippen LogP contribution in [0.4, 0.5) is 11.6 Å². The summed E-state index contributed by atoms with van der Waals surface area (Å²) in [7, 11) is 0. The molecule has 0 aliphatic rings. The Kier molecular flexibility index (Phi) is 5.35. The summed E-state index contributed by atoms with van der Waals surface area (Å²) in [5.74, 6) is 0.355. The molecule has 3 rings (SSSR count). The second-order valence-electron chi connectivity index (χ2n) is 5.63. The summed E-state index contributed by atoms with van der Waals surface area (Å²) in [5, 5.41) is 30.2. The lowest BCUT2D eigenvalue weighted by Crippen LogP contribution is -2.31. The van der Waals surface area contributed by atoms with Gasteiger partial charge in [0.25, 0.3) is 5.69 Å². The van der Waals surface area contributed by atoms with Crippen molar-refractivity contribution in [2.45, 2.75) is 0 Å². The van der Waals surface area contributed by atoms with Crippen LogP contribution < -0.4 is 4.90 Å². The maximum absolute atomic E-state index is 11.1. The predicted molar refractivity (Wildman–Crippen MR) is 98.0 cm³/mol. The van der Waals surface area contributed by atoms with Gasteiger partial charge in [-0.05, 0) is 6.07 Å². The number of nitro benzene ring substituents is 1. The second-order valence-corrected chi connectivity index (χ2v) is 5.63. The Bertz CT molecular complexity index is 912. The standard InChI is InChI=1S/C18H18N4O4/c23-10-8-21(9-11-24)18-19-16-7-6-14(22(25)26)12-15(16)17(20-18)13-4-2-1-3-5-13/h1-7,12,23-24H,8-11H2. The third-order valence-corrected chi connectivity index (χ3v) is 3.95. The Balaban J connectivity index is 2.24. The first-order valence-electron chi connectivity index (χ1n) is 8.12. The van der Waals surface area contributed by atoms with Gasteiger partial charge in [0.15, 0.2) is 0 Å². The quantitative estimate of drug-likeness (QED) is 0.493. The van der Waals surface area contributed by atoms with Gasteiger partial charge in [0.05, 0.1) is 29.3 Å². The molecule has 1 heterocycles. The van der Waals surface area contributed by atoms with Crippen molar-refractivity contribution in [3.8, 4) is 11.3 Å². The molecule has 0 amide bonds. The molecule has 0 aliphatic carbocycles. The molecule has 2 N–H and O–H groups in total. The van der Waals surface area contributed by atoms with Gasteiger partial charge in [0, 0.05) is 36.2 Å². The van der Waals surface area contributed by atoms with Crippen LogP contribution in [0.25, 0.3) is 22.2 Å². The van der Waals surface area contributed by atoms with Crippen LogP contribution in [0.2, 0.25) is 0 Å². The van der Waals surface area contributed by atoms with E-state index in [4.69, 9.17) is 0 Å². The number of aromatic nitrogens is 2. The van der Waals surface area contributed by atoms with Crippen LogP contribution in [0, 0.1) is 10.1 Å². The molecule has 8 heteroatoms. The van der Waals surface area contributed by atoms with Gasteiger partial charge in [-0.25, -0.2) is 9.97 Å². The summed E-state index contributed by atoms with van der Waals surface area (Å²) in [6.07, 6.45) is 0. The number of benzene rings is 2. The smallest absolute Gasteiger partial charge is 0.270 e. The molecule has 0 fully saturated rings. The highest BCUT2D eigenvalue weighted by atomic mass is 16.6. The highest BCUT2D eigenvalue weighted by Crippen LogP contribution is 2.30. The van der Waals surface area contributed by atoms with E-state index in [1.165, 1.54) is 12.1 Å². The van der Waals surface area contributed by atoms with Crippen molar-refractivity contribution >= 4 is 22.5 Å². The van der Waals surface area contributed by atoms with Gasteiger partial charge in [-0.1, -0.05) is 30.3 Å². The molecule has 0 spiro atoms. The molecule has 0 saturated carbocycles. The fourth-order valence-electron chi connectivity index (χ4n) is 2.73. The van der Waals surface area contributed by atoms with Crippen molar-refractivity contribution in [3.63, 3.8) is 0 Å². The lowest BCUT2D eigenvalue weighted by Gasteiger charge is -2.21. The number of rotatable bonds is 7. The third-order valence-electron chi connectivity index (χ3n) is 3.95. The summed E-state index contributed by atoms with van der Waals surface area (Å²) >= 11 is 0. The van der Waals surface area contributed by atoms with Gasteiger partial charge in [0.2, 0.25) is 5.95 Å². The number of anilines is 1. The zero-order valence-corrected chi connectivity index (χ0v) is 13.9. The van der Waals surface area contributed by atoms with Crippen LogP contribution in [-0.2, 0) is 0 Å². The number of hydrogen-bond acceptors (Lipinski definition) is 7. The topological polar surface area (TPSA) is 113 Å². The van der Waals surface area contributed by atoms with E-state index in [2.05, 4.69) is 9.97 Å². The first-order valence-corrected chi connectivity index (χ1v) is 8.12. The Labute approximate surface area is 149 Å². The Hall–Kier alpha value is -3.10. The van der Waals surface area contributed by atoms with Crippen LogP contribution >= 0.6 is 0 Å². The Morgan fingerprint density at radius 3 is 2.31 bits per heavy atom. The lowest BCUT2D eigenvalue weighted by atomic mass is 10.1. The van der Waals surface area contributed by atoms with Gasteiger partial charge in [0.1, 0.15) is 0 Å². The predicted octanol–water partition coefficient (Wildman–Crippen LogP) is 2.00. The minimum Gasteiger partial charge on any atom is -0.395 e. The molecule has 1 aromatic heterocycles. The van der Waals surface area contributed by atoms with E-state index in [0.717, 1.165) is 5.56 Å². The second kappa shape index (κ2) is 7.85. The van der Waals surface area contributed by atoms with E-state index in [1.807, 2.05) is 30.3 Å². The van der Waals surface area contributed by atoms with Gasteiger partial charge in [-0.2, -0.15) is 0 Å². The van der Waals surface area contributed by atoms with Crippen molar-refractivity contribution in [1.82, 2.24) is 9.97 Å². The number of non-ortho nitro benzene ring substituents is 1.